The topological polar surface area (TPSA) is 44.8 Å². The number of carbonyl (C=O) groups is 1. The second-order valence-electron chi connectivity index (χ2n) is 5.20. The van der Waals surface area contributed by atoms with Crippen molar-refractivity contribution in [1.82, 2.24) is 0 Å². The molecule has 1 saturated heterocycles. The molecule has 0 spiro atoms. The van der Waals surface area contributed by atoms with Gasteiger partial charge in [-0.3, -0.25) is 0 Å². The zero-order chi connectivity index (χ0) is 14.6. The van der Waals surface area contributed by atoms with Gasteiger partial charge in [0.15, 0.2) is 12.1 Å². The summed E-state index contributed by atoms with van der Waals surface area (Å²) < 4.78 is 17.1. The van der Waals surface area contributed by atoms with E-state index in [4.69, 9.17) is 14.2 Å². The number of carbonyl (C=O) groups excluding carboxylic acids is 1. The summed E-state index contributed by atoms with van der Waals surface area (Å²) in [5, 5.41) is 0. The molecule has 4 heteroatoms. The molecular formula is C16H20O4. The summed E-state index contributed by atoms with van der Waals surface area (Å²) in [5.74, 6) is -0.735. The van der Waals surface area contributed by atoms with Crippen molar-refractivity contribution < 1.29 is 19.0 Å². The number of rotatable bonds is 6. The van der Waals surface area contributed by atoms with Gasteiger partial charge in [-0.1, -0.05) is 36.4 Å². The van der Waals surface area contributed by atoms with Crippen LogP contribution in [0.25, 0.3) is 0 Å². The van der Waals surface area contributed by atoms with Crippen LogP contribution in [0.2, 0.25) is 0 Å². The van der Waals surface area contributed by atoms with Crippen LogP contribution in [0.5, 0.6) is 0 Å². The molecule has 1 aliphatic rings. The van der Waals surface area contributed by atoms with E-state index in [1.165, 1.54) is 0 Å². The zero-order valence-electron chi connectivity index (χ0n) is 11.8. The Morgan fingerprint density at radius 3 is 2.65 bits per heavy atom. The van der Waals surface area contributed by atoms with Crippen LogP contribution in [0.3, 0.4) is 0 Å². The van der Waals surface area contributed by atoms with Crippen LogP contribution < -0.4 is 0 Å². The van der Waals surface area contributed by atoms with Gasteiger partial charge in [0.1, 0.15) is 18.3 Å². The minimum Gasteiger partial charge on any atom is -0.363 e. The Balaban J connectivity index is 2.01. The minimum atomic E-state index is -0.735. The summed E-state index contributed by atoms with van der Waals surface area (Å²) >= 11 is 0. The molecule has 2 rings (SSSR count). The van der Waals surface area contributed by atoms with Crippen molar-refractivity contribution in [2.75, 3.05) is 0 Å². The molecule has 3 atom stereocenters. The predicted octanol–water partition coefficient (Wildman–Crippen LogP) is 2.48. The minimum absolute atomic E-state index is 0.351. The summed E-state index contributed by atoms with van der Waals surface area (Å²) in [6, 6.07) is 9.69. The van der Waals surface area contributed by atoms with Crippen LogP contribution in [0.4, 0.5) is 0 Å². The summed E-state index contributed by atoms with van der Waals surface area (Å²) in [5.41, 5.74) is 1.01. The van der Waals surface area contributed by atoms with Crippen LogP contribution in [0, 0.1) is 0 Å². The lowest BCUT2D eigenvalue weighted by Crippen LogP contribution is -2.37. The van der Waals surface area contributed by atoms with Crippen LogP contribution >= 0.6 is 0 Å². The fraction of sp³-hybridized carbons (Fsp3) is 0.438. The van der Waals surface area contributed by atoms with E-state index in [0.29, 0.717) is 6.61 Å². The smallest absolute Gasteiger partial charge is 0.164 e. The molecular weight excluding hydrogens is 256 g/mol. The first-order chi connectivity index (χ1) is 9.55. The van der Waals surface area contributed by atoms with Gasteiger partial charge in [0.05, 0.1) is 6.61 Å². The summed E-state index contributed by atoms with van der Waals surface area (Å²) in [6.45, 7) is 7.69. The zero-order valence-corrected chi connectivity index (χ0v) is 11.8. The van der Waals surface area contributed by atoms with Crippen LogP contribution in [0.15, 0.2) is 43.0 Å². The predicted molar refractivity (Wildman–Crippen MR) is 75.1 cm³/mol. The first kappa shape index (κ1) is 14.9. The Bertz CT molecular complexity index is 455. The Labute approximate surface area is 119 Å². The van der Waals surface area contributed by atoms with Crippen molar-refractivity contribution >= 4 is 6.29 Å². The van der Waals surface area contributed by atoms with E-state index in [1.807, 2.05) is 44.2 Å². The third-order valence-electron chi connectivity index (χ3n) is 3.14. The highest BCUT2D eigenvalue weighted by atomic mass is 16.8. The van der Waals surface area contributed by atoms with Crippen LogP contribution in [-0.2, 0) is 25.6 Å². The molecule has 0 radical (unpaired) electrons. The first-order valence-electron chi connectivity index (χ1n) is 6.65. The Morgan fingerprint density at radius 2 is 2.05 bits per heavy atom. The normalized spacial score (nSPS) is 26.1. The monoisotopic (exact) mass is 276 g/mol. The highest BCUT2D eigenvalue weighted by Crippen LogP contribution is 2.31. The number of hydrogen-bond donors (Lipinski definition) is 0. The van der Waals surface area contributed by atoms with E-state index in [9.17, 15) is 4.79 Å². The lowest BCUT2D eigenvalue weighted by molar-refractivity contribution is -0.161. The number of hydrogen-bond acceptors (Lipinski definition) is 4. The molecule has 0 amide bonds. The molecule has 0 aliphatic carbocycles. The Hall–Kier alpha value is -1.49. The molecule has 0 bridgehead atoms. The van der Waals surface area contributed by atoms with Gasteiger partial charge < -0.3 is 19.0 Å². The summed E-state index contributed by atoms with van der Waals surface area (Å²) in [4.78, 5) is 11.3. The largest absolute Gasteiger partial charge is 0.363 e. The van der Waals surface area contributed by atoms with Crippen molar-refractivity contribution in [3.05, 3.63) is 48.6 Å². The maximum atomic E-state index is 11.3. The molecule has 0 aromatic heterocycles. The first-order valence-corrected chi connectivity index (χ1v) is 6.65. The third kappa shape index (κ3) is 3.54. The fourth-order valence-corrected chi connectivity index (χ4v) is 2.23. The molecule has 1 heterocycles. The molecule has 1 aromatic rings. The van der Waals surface area contributed by atoms with Gasteiger partial charge in [0.2, 0.25) is 0 Å². The van der Waals surface area contributed by atoms with Gasteiger partial charge in [-0.2, -0.15) is 0 Å². The standard InChI is InChI=1S/C16H20O4/c1-4-13-15(20-16(2,3)19-13)14(10-17)18-11-12-8-6-5-7-9-12/h4-10,13-15H,1,11H2,2-3H3/t13-,14-,15+/m1/s1. The average molecular weight is 276 g/mol. The maximum Gasteiger partial charge on any atom is 0.164 e. The SMILES string of the molecule is C=C[C@H]1OC(C)(C)O[C@@H]1[C@@H](C=O)OCc1ccccc1. The van der Waals surface area contributed by atoms with E-state index in [-0.39, 0.29) is 6.10 Å². The van der Waals surface area contributed by atoms with Crippen molar-refractivity contribution in [2.45, 2.75) is 44.6 Å². The summed E-state index contributed by atoms with van der Waals surface area (Å²) in [7, 11) is 0. The van der Waals surface area contributed by atoms with E-state index >= 15 is 0 Å². The lowest BCUT2D eigenvalue weighted by Gasteiger charge is -2.21. The molecule has 0 N–H and O–H groups in total. The van der Waals surface area contributed by atoms with Gasteiger partial charge in [-0.25, -0.2) is 0 Å². The highest BCUT2D eigenvalue weighted by Gasteiger charge is 2.44. The molecule has 0 saturated carbocycles. The molecule has 108 valence electrons. The molecule has 1 aliphatic heterocycles. The lowest BCUT2D eigenvalue weighted by atomic mass is 10.1. The van der Waals surface area contributed by atoms with Crippen molar-refractivity contribution in [3.63, 3.8) is 0 Å². The van der Waals surface area contributed by atoms with E-state index in [0.717, 1.165) is 11.8 Å². The second-order valence-corrected chi connectivity index (χ2v) is 5.20. The quantitative estimate of drug-likeness (QED) is 0.591. The molecule has 1 fully saturated rings. The van der Waals surface area contributed by atoms with Crippen molar-refractivity contribution in [2.24, 2.45) is 0 Å². The molecule has 4 nitrogen and oxygen atoms in total. The number of ether oxygens (including phenoxy) is 3. The van der Waals surface area contributed by atoms with Crippen LogP contribution in [-0.4, -0.2) is 30.4 Å². The van der Waals surface area contributed by atoms with Crippen molar-refractivity contribution in [3.8, 4) is 0 Å². The van der Waals surface area contributed by atoms with Crippen molar-refractivity contribution in [1.29, 1.82) is 0 Å². The second kappa shape index (κ2) is 6.31. The maximum absolute atomic E-state index is 11.3. The third-order valence-corrected chi connectivity index (χ3v) is 3.14. The van der Waals surface area contributed by atoms with E-state index in [2.05, 4.69) is 6.58 Å². The Kier molecular flexibility index (Phi) is 4.70. The van der Waals surface area contributed by atoms with Gasteiger partial charge in [-0.05, 0) is 19.4 Å². The van der Waals surface area contributed by atoms with Gasteiger partial charge in [0.25, 0.3) is 0 Å². The van der Waals surface area contributed by atoms with Gasteiger partial charge in [0, 0.05) is 0 Å². The van der Waals surface area contributed by atoms with Gasteiger partial charge >= 0.3 is 0 Å². The Morgan fingerprint density at radius 1 is 1.35 bits per heavy atom. The highest BCUT2D eigenvalue weighted by molar-refractivity contribution is 5.57. The fourth-order valence-electron chi connectivity index (χ4n) is 2.23. The average Bonchev–Trinajstić information content (AvgIpc) is 2.76. The number of aldehydes is 1. The molecule has 0 unspecified atom stereocenters. The van der Waals surface area contributed by atoms with E-state index < -0.39 is 18.0 Å². The molecule has 1 aromatic carbocycles. The number of benzene rings is 1. The van der Waals surface area contributed by atoms with Crippen LogP contribution in [0.1, 0.15) is 19.4 Å². The molecule has 20 heavy (non-hydrogen) atoms. The van der Waals surface area contributed by atoms with E-state index in [1.54, 1.807) is 6.08 Å². The van der Waals surface area contributed by atoms with Gasteiger partial charge in [-0.15, -0.1) is 6.58 Å². The summed E-state index contributed by atoms with van der Waals surface area (Å²) in [6.07, 6.45) is 0.899.